The molecule has 0 atom stereocenters. The van der Waals surface area contributed by atoms with Gasteiger partial charge in [-0.05, 0) is 44.6 Å². The van der Waals surface area contributed by atoms with E-state index >= 15 is 0 Å². The van der Waals surface area contributed by atoms with E-state index in [-0.39, 0.29) is 5.91 Å². The summed E-state index contributed by atoms with van der Waals surface area (Å²) in [5.74, 6) is 0.154. The maximum Gasteiger partial charge on any atom is 0.226 e. The van der Waals surface area contributed by atoms with Gasteiger partial charge in [0.05, 0.1) is 0 Å². The lowest BCUT2D eigenvalue weighted by molar-refractivity contribution is -0.118. The first kappa shape index (κ1) is 14.2. The van der Waals surface area contributed by atoms with Gasteiger partial charge in [0.2, 0.25) is 5.91 Å². The van der Waals surface area contributed by atoms with E-state index in [0.29, 0.717) is 6.42 Å². The molecule has 94 valence electrons. The Bertz CT molecular complexity index is 393. The predicted molar refractivity (Wildman–Crippen MR) is 75.4 cm³/mol. The third kappa shape index (κ3) is 4.13. The summed E-state index contributed by atoms with van der Waals surface area (Å²) in [4.78, 5) is 13.7. The Morgan fingerprint density at radius 2 is 2.18 bits per heavy atom. The summed E-state index contributed by atoms with van der Waals surface area (Å²) in [6, 6.07) is 5.97. The van der Waals surface area contributed by atoms with Crippen LogP contribution in [-0.4, -0.2) is 26.5 Å². The fourth-order valence-electron chi connectivity index (χ4n) is 1.66. The number of rotatable bonds is 5. The SMILES string of the molecule is CNCCCC(=O)N(C)c1cc(Br)ccc1C. The van der Waals surface area contributed by atoms with E-state index in [1.807, 2.05) is 39.2 Å². The largest absolute Gasteiger partial charge is 0.320 e. The minimum Gasteiger partial charge on any atom is -0.320 e. The normalized spacial score (nSPS) is 10.4. The van der Waals surface area contributed by atoms with Crippen molar-refractivity contribution in [3.63, 3.8) is 0 Å². The monoisotopic (exact) mass is 298 g/mol. The van der Waals surface area contributed by atoms with E-state index in [1.54, 1.807) is 4.90 Å². The fraction of sp³-hybridized carbons (Fsp3) is 0.462. The Morgan fingerprint density at radius 1 is 1.47 bits per heavy atom. The molecule has 1 N–H and O–H groups in total. The van der Waals surface area contributed by atoms with Crippen molar-refractivity contribution in [1.29, 1.82) is 0 Å². The summed E-state index contributed by atoms with van der Waals surface area (Å²) in [5.41, 5.74) is 2.08. The molecule has 0 spiro atoms. The molecule has 1 rings (SSSR count). The molecule has 0 saturated heterocycles. The van der Waals surface area contributed by atoms with Gasteiger partial charge < -0.3 is 10.2 Å². The first-order valence-corrected chi connectivity index (χ1v) is 6.53. The molecular formula is C13H19BrN2O. The van der Waals surface area contributed by atoms with Gasteiger partial charge in [-0.1, -0.05) is 22.0 Å². The maximum absolute atomic E-state index is 12.0. The van der Waals surface area contributed by atoms with Crippen LogP contribution in [0.1, 0.15) is 18.4 Å². The number of aryl methyl sites for hydroxylation is 1. The number of hydrogen-bond donors (Lipinski definition) is 1. The summed E-state index contributed by atoms with van der Waals surface area (Å²) < 4.78 is 0.993. The van der Waals surface area contributed by atoms with Gasteiger partial charge in [0.1, 0.15) is 0 Å². The average molecular weight is 299 g/mol. The molecule has 0 radical (unpaired) electrons. The van der Waals surface area contributed by atoms with E-state index in [4.69, 9.17) is 0 Å². The molecule has 1 aromatic rings. The van der Waals surface area contributed by atoms with Crippen molar-refractivity contribution in [2.45, 2.75) is 19.8 Å². The minimum absolute atomic E-state index is 0.154. The topological polar surface area (TPSA) is 32.3 Å². The summed E-state index contributed by atoms with van der Waals surface area (Å²) in [5, 5.41) is 3.04. The van der Waals surface area contributed by atoms with Crippen LogP contribution in [0.15, 0.2) is 22.7 Å². The van der Waals surface area contributed by atoms with Crippen molar-refractivity contribution >= 4 is 27.5 Å². The lowest BCUT2D eigenvalue weighted by Crippen LogP contribution is -2.27. The minimum atomic E-state index is 0.154. The van der Waals surface area contributed by atoms with Gasteiger partial charge in [0, 0.05) is 23.6 Å². The van der Waals surface area contributed by atoms with Crippen molar-refractivity contribution in [2.75, 3.05) is 25.5 Å². The molecule has 0 unspecified atom stereocenters. The summed E-state index contributed by atoms with van der Waals surface area (Å²) in [7, 11) is 3.73. The average Bonchev–Trinajstić information content (AvgIpc) is 2.31. The zero-order valence-electron chi connectivity index (χ0n) is 10.6. The lowest BCUT2D eigenvalue weighted by atomic mass is 10.1. The van der Waals surface area contributed by atoms with E-state index in [9.17, 15) is 4.79 Å². The van der Waals surface area contributed by atoms with Gasteiger partial charge in [-0.2, -0.15) is 0 Å². The van der Waals surface area contributed by atoms with Crippen LogP contribution in [0.5, 0.6) is 0 Å². The van der Waals surface area contributed by atoms with Crippen molar-refractivity contribution in [1.82, 2.24) is 5.32 Å². The first-order valence-electron chi connectivity index (χ1n) is 5.73. The second-order valence-corrected chi connectivity index (χ2v) is 5.01. The van der Waals surface area contributed by atoms with Crippen LogP contribution in [0.4, 0.5) is 5.69 Å². The molecule has 0 aromatic heterocycles. The van der Waals surface area contributed by atoms with Crippen LogP contribution >= 0.6 is 15.9 Å². The predicted octanol–water partition coefficient (Wildman–Crippen LogP) is 2.72. The quantitative estimate of drug-likeness (QED) is 0.848. The third-order valence-corrected chi connectivity index (χ3v) is 3.22. The summed E-state index contributed by atoms with van der Waals surface area (Å²) in [6.07, 6.45) is 1.44. The molecule has 0 heterocycles. The van der Waals surface area contributed by atoms with Gasteiger partial charge in [0.25, 0.3) is 0 Å². The fourth-order valence-corrected chi connectivity index (χ4v) is 2.01. The van der Waals surface area contributed by atoms with E-state index in [0.717, 1.165) is 28.7 Å². The molecular weight excluding hydrogens is 280 g/mol. The van der Waals surface area contributed by atoms with Gasteiger partial charge in [-0.3, -0.25) is 4.79 Å². The van der Waals surface area contributed by atoms with E-state index in [1.165, 1.54) is 0 Å². The van der Waals surface area contributed by atoms with Crippen LogP contribution in [-0.2, 0) is 4.79 Å². The second kappa shape index (κ2) is 6.77. The molecule has 1 aromatic carbocycles. The van der Waals surface area contributed by atoms with Crippen LogP contribution < -0.4 is 10.2 Å². The van der Waals surface area contributed by atoms with Crippen molar-refractivity contribution in [2.24, 2.45) is 0 Å². The number of nitrogens with one attached hydrogen (secondary N) is 1. The molecule has 0 bridgehead atoms. The molecule has 0 saturated carbocycles. The maximum atomic E-state index is 12.0. The Kier molecular flexibility index (Phi) is 5.65. The van der Waals surface area contributed by atoms with E-state index in [2.05, 4.69) is 21.2 Å². The van der Waals surface area contributed by atoms with Crippen LogP contribution in [0.25, 0.3) is 0 Å². The number of hydrogen-bond acceptors (Lipinski definition) is 2. The molecule has 3 nitrogen and oxygen atoms in total. The highest BCUT2D eigenvalue weighted by Gasteiger charge is 2.12. The molecule has 1 amide bonds. The van der Waals surface area contributed by atoms with Crippen molar-refractivity contribution in [3.8, 4) is 0 Å². The number of anilines is 1. The first-order chi connectivity index (χ1) is 8.06. The standard InChI is InChI=1S/C13H19BrN2O/c1-10-6-7-11(14)9-12(10)16(3)13(17)5-4-8-15-2/h6-7,9,15H,4-5,8H2,1-3H3. The van der Waals surface area contributed by atoms with Gasteiger partial charge >= 0.3 is 0 Å². The highest BCUT2D eigenvalue weighted by molar-refractivity contribution is 9.10. The van der Waals surface area contributed by atoms with Gasteiger partial charge in [0.15, 0.2) is 0 Å². The highest BCUT2D eigenvalue weighted by atomic mass is 79.9. The molecule has 0 aliphatic rings. The van der Waals surface area contributed by atoms with Gasteiger partial charge in [-0.15, -0.1) is 0 Å². The lowest BCUT2D eigenvalue weighted by Gasteiger charge is -2.20. The van der Waals surface area contributed by atoms with Crippen molar-refractivity contribution in [3.05, 3.63) is 28.2 Å². The highest BCUT2D eigenvalue weighted by Crippen LogP contribution is 2.24. The Labute approximate surface area is 111 Å². The van der Waals surface area contributed by atoms with Crippen molar-refractivity contribution < 1.29 is 4.79 Å². The molecule has 4 heteroatoms. The second-order valence-electron chi connectivity index (χ2n) is 4.09. The Hall–Kier alpha value is -0.870. The van der Waals surface area contributed by atoms with Crippen LogP contribution in [0.3, 0.4) is 0 Å². The molecule has 0 aliphatic carbocycles. The number of carbonyl (C=O) groups excluding carboxylic acids is 1. The van der Waals surface area contributed by atoms with Crippen LogP contribution in [0.2, 0.25) is 0 Å². The third-order valence-electron chi connectivity index (χ3n) is 2.72. The van der Waals surface area contributed by atoms with E-state index < -0.39 is 0 Å². The zero-order valence-corrected chi connectivity index (χ0v) is 12.2. The van der Waals surface area contributed by atoms with Crippen LogP contribution in [0, 0.1) is 6.92 Å². The number of carbonyl (C=O) groups is 1. The molecule has 0 aliphatic heterocycles. The molecule has 0 fully saturated rings. The smallest absolute Gasteiger partial charge is 0.226 e. The zero-order chi connectivity index (χ0) is 12.8. The summed E-state index contributed by atoms with van der Waals surface area (Å²) in [6.45, 7) is 2.89. The Morgan fingerprint density at radius 3 is 2.82 bits per heavy atom. The number of nitrogens with zero attached hydrogens (tertiary/aromatic N) is 1. The molecule has 17 heavy (non-hydrogen) atoms. The number of amides is 1. The van der Waals surface area contributed by atoms with Gasteiger partial charge in [-0.25, -0.2) is 0 Å². The summed E-state index contributed by atoms with van der Waals surface area (Å²) >= 11 is 3.43. The number of halogens is 1. The number of benzene rings is 1. The Balaban J connectivity index is 2.71.